The third kappa shape index (κ3) is 5.57. The molecule has 0 saturated heterocycles. The molecule has 0 aliphatic rings. The highest BCUT2D eigenvalue weighted by Gasteiger charge is 2.12. The van der Waals surface area contributed by atoms with Crippen LogP contribution in [0.25, 0.3) is 0 Å². The summed E-state index contributed by atoms with van der Waals surface area (Å²) < 4.78 is 2.82. The quantitative estimate of drug-likeness (QED) is 0.677. The first kappa shape index (κ1) is 17.8. The molecule has 1 aromatic heterocycles. The second kappa shape index (κ2) is 8.90. The van der Waals surface area contributed by atoms with Crippen molar-refractivity contribution in [2.24, 2.45) is 0 Å². The first-order chi connectivity index (χ1) is 10.6. The van der Waals surface area contributed by atoms with E-state index in [1.54, 1.807) is 11.8 Å². The third-order valence-electron chi connectivity index (χ3n) is 2.73. The van der Waals surface area contributed by atoms with Crippen LogP contribution in [0.2, 0.25) is 0 Å². The average molecular weight is 418 g/mol. The molecule has 22 heavy (non-hydrogen) atoms. The summed E-state index contributed by atoms with van der Waals surface area (Å²) in [5, 5.41) is 11.1. The van der Waals surface area contributed by atoms with Gasteiger partial charge in [-0.2, -0.15) is 0 Å². The summed E-state index contributed by atoms with van der Waals surface area (Å²) in [6.07, 6.45) is 0. The summed E-state index contributed by atoms with van der Waals surface area (Å²) in [7, 11) is 0. The SMILES string of the molecule is CCSc1nnc(SCC(=O)NC(C)c2ccc(Br)cc2)s1. The predicted molar refractivity (Wildman–Crippen MR) is 97.7 cm³/mol. The zero-order valence-corrected chi connectivity index (χ0v) is 16.2. The van der Waals surface area contributed by atoms with Gasteiger partial charge in [-0.1, -0.05) is 69.8 Å². The van der Waals surface area contributed by atoms with Crippen molar-refractivity contribution in [1.82, 2.24) is 15.5 Å². The van der Waals surface area contributed by atoms with Crippen molar-refractivity contribution in [3.8, 4) is 0 Å². The van der Waals surface area contributed by atoms with Crippen LogP contribution in [0, 0.1) is 0 Å². The predicted octanol–water partition coefficient (Wildman–Crippen LogP) is 4.38. The second-order valence-electron chi connectivity index (χ2n) is 4.40. The maximum Gasteiger partial charge on any atom is 0.230 e. The van der Waals surface area contributed by atoms with E-state index >= 15 is 0 Å². The minimum absolute atomic E-state index is 0.000290. The summed E-state index contributed by atoms with van der Waals surface area (Å²) in [5.74, 6) is 1.33. The number of nitrogens with one attached hydrogen (secondary N) is 1. The topological polar surface area (TPSA) is 54.9 Å². The third-order valence-corrected chi connectivity index (χ3v) is 6.33. The van der Waals surface area contributed by atoms with E-state index in [0.29, 0.717) is 5.75 Å². The molecule has 1 amide bonds. The summed E-state index contributed by atoms with van der Waals surface area (Å²) in [4.78, 5) is 12.0. The summed E-state index contributed by atoms with van der Waals surface area (Å²) >= 11 is 8.03. The minimum Gasteiger partial charge on any atom is -0.349 e. The van der Waals surface area contributed by atoms with E-state index in [-0.39, 0.29) is 11.9 Å². The van der Waals surface area contributed by atoms with Crippen LogP contribution in [-0.2, 0) is 4.79 Å². The summed E-state index contributed by atoms with van der Waals surface area (Å²) in [5.41, 5.74) is 1.08. The van der Waals surface area contributed by atoms with E-state index in [1.165, 1.54) is 23.1 Å². The fourth-order valence-electron chi connectivity index (χ4n) is 1.68. The van der Waals surface area contributed by atoms with Crippen molar-refractivity contribution in [1.29, 1.82) is 0 Å². The van der Waals surface area contributed by atoms with Gasteiger partial charge in [-0.25, -0.2) is 0 Å². The van der Waals surface area contributed by atoms with Gasteiger partial charge < -0.3 is 5.32 Å². The van der Waals surface area contributed by atoms with Crippen molar-refractivity contribution in [2.45, 2.75) is 28.6 Å². The number of nitrogens with zero attached hydrogens (tertiary/aromatic N) is 2. The molecule has 2 aromatic rings. The van der Waals surface area contributed by atoms with E-state index in [1.807, 2.05) is 31.2 Å². The first-order valence-corrected chi connectivity index (χ1v) is 10.3. The smallest absolute Gasteiger partial charge is 0.230 e. The van der Waals surface area contributed by atoms with Crippen molar-refractivity contribution in [3.63, 3.8) is 0 Å². The van der Waals surface area contributed by atoms with Gasteiger partial charge in [0.1, 0.15) is 0 Å². The number of carbonyl (C=O) groups is 1. The molecule has 1 atom stereocenters. The van der Waals surface area contributed by atoms with Crippen LogP contribution in [0.5, 0.6) is 0 Å². The van der Waals surface area contributed by atoms with Crippen molar-refractivity contribution < 1.29 is 4.79 Å². The minimum atomic E-state index is -0.0122. The Morgan fingerprint density at radius 1 is 1.27 bits per heavy atom. The number of halogens is 1. The number of hydrogen-bond acceptors (Lipinski definition) is 6. The maximum atomic E-state index is 12.0. The van der Waals surface area contributed by atoms with Gasteiger partial charge >= 0.3 is 0 Å². The standard InChI is InChI=1S/C14H16BrN3OS3/c1-3-20-13-17-18-14(22-13)21-8-12(19)16-9(2)10-4-6-11(15)7-5-10/h4-7,9H,3,8H2,1-2H3,(H,16,19). The Labute approximate surface area is 151 Å². The van der Waals surface area contributed by atoms with E-state index in [0.717, 1.165) is 24.5 Å². The lowest BCUT2D eigenvalue weighted by atomic mass is 10.1. The van der Waals surface area contributed by atoms with Crippen LogP contribution in [0.4, 0.5) is 0 Å². The maximum absolute atomic E-state index is 12.0. The molecule has 0 radical (unpaired) electrons. The lowest BCUT2D eigenvalue weighted by molar-refractivity contribution is -0.119. The Hall–Kier alpha value is -0.570. The molecular formula is C14H16BrN3OS3. The van der Waals surface area contributed by atoms with Crippen LogP contribution in [0.15, 0.2) is 37.4 Å². The molecule has 0 aliphatic heterocycles. The van der Waals surface area contributed by atoms with Crippen LogP contribution >= 0.6 is 50.8 Å². The summed E-state index contributed by atoms with van der Waals surface area (Å²) in [6.45, 7) is 4.06. The Morgan fingerprint density at radius 3 is 2.55 bits per heavy atom. The fourth-order valence-corrected chi connectivity index (χ4v) is 4.68. The Kier molecular flexibility index (Phi) is 7.20. The van der Waals surface area contributed by atoms with Gasteiger partial charge in [0, 0.05) is 4.47 Å². The number of hydrogen-bond donors (Lipinski definition) is 1. The first-order valence-electron chi connectivity index (χ1n) is 6.72. The number of thioether (sulfide) groups is 2. The van der Waals surface area contributed by atoms with Crippen LogP contribution in [-0.4, -0.2) is 27.6 Å². The molecule has 0 saturated carbocycles. The highest BCUT2D eigenvalue weighted by molar-refractivity contribution is 9.10. The zero-order chi connectivity index (χ0) is 15.9. The number of carbonyl (C=O) groups excluding carboxylic acids is 1. The number of amides is 1. The van der Waals surface area contributed by atoms with Crippen molar-refractivity contribution in [2.75, 3.05) is 11.5 Å². The molecule has 0 bridgehead atoms. The van der Waals surface area contributed by atoms with Crippen LogP contribution < -0.4 is 5.32 Å². The normalized spacial score (nSPS) is 12.1. The Balaban J connectivity index is 1.80. The van der Waals surface area contributed by atoms with Gasteiger partial charge in [0.2, 0.25) is 5.91 Å². The van der Waals surface area contributed by atoms with Crippen LogP contribution in [0.1, 0.15) is 25.5 Å². The molecule has 8 heteroatoms. The molecular weight excluding hydrogens is 402 g/mol. The molecule has 2 rings (SSSR count). The highest BCUT2D eigenvalue weighted by Crippen LogP contribution is 2.28. The molecule has 1 heterocycles. The molecule has 1 unspecified atom stereocenters. The largest absolute Gasteiger partial charge is 0.349 e. The van der Waals surface area contributed by atoms with E-state index in [2.05, 4.69) is 38.4 Å². The van der Waals surface area contributed by atoms with E-state index < -0.39 is 0 Å². The van der Waals surface area contributed by atoms with Gasteiger partial charge in [0.25, 0.3) is 0 Å². The number of benzene rings is 1. The van der Waals surface area contributed by atoms with E-state index in [4.69, 9.17) is 0 Å². The average Bonchev–Trinajstić information content (AvgIpc) is 2.94. The van der Waals surface area contributed by atoms with Gasteiger partial charge in [-0.3, -0.25) is 4.79 Å². The lowest BCUT2D eigenvalue weighted by Crippen LogP contribution is -2.28. The molecule has 118 valence electrons. The van der Waals surface area contributed by atoms with Crippen molar-refractivity contribution >= 4 is 56.7 Å². The van der Waals surface area contributed by atoms with Crippen LogP contribution in [0.3, 0.4) is 0 Å². The van der Waals surface area contributed by atoms with Gasteiger partial charge in [0.15, 0.2) is 8.68 Å². The molecule has 1 N–H and O–H groups in total. The zero-order valence-electron chi connectivity index (χ0n) is 12.2. The lowest BCUT2D eigenvalue weighted by Gasteiger charge is -2.14. The highest BCUT2D eigenvalue weighted by atomic mass is 79.9. The molecule has 0 spiro atoms. The Bertz CT molecular complexity index is 618. The van der Waals surface area contributed by atoms with Crippen molar-refractivity contribution in [3.05, 3.63) is 34.3 Å². The monoisotopic (exact) mass is 417 g/mol. The number of rotatable bonds is 7. The van der Waals surface area contributed by atoms with Gasteiger partial charge in [-0.15, -0.1) is 10.2 Å². The van der Waals surface area contributed by atoms with E-state index in [9.17, 15) is 4.79 Å². The molecule has 0 fully saturated rings. The molecule has 1 aromatic carbocycles. The Morgan fingerprint density at radius 2 is 1.91 bits per heavy atom. The fraction of sp³-hybridized carbons (Fsp3) is 0.357. The molecule has 4 nitrogen and oxygen atoms in total. The van der Waals surface area contributed by atoms with Gasteiger partial charge in [-0.05, 0) is 30.4 Å². The molecule has 0 aliphatic carbocycles. The number of aromatic nitrogens is 2. The summed E-state index contributed by atoms with van der Waals surface area (Å²) in [6, 6.07) is 7.94. The second-order valence-corrected chi connectivity index (χ2v) is 9.02. The van der Waals surface area contributed by atoms with Gasteiger partial charge in [0.05, 0.1) is 11.8 Å².